The normalized spacial score (nSPS) is 10.3. The third-order valence-corrected chi connectivity index (χ3v) is 1.96. The highest BCUT2D eigenvalue weighted by molar-refractivity contribution is 5.26. The molecule has 1 aromatic heterocycles. The molecule has 0 bridgehead atoms. The molecule has 0 unspecified atom stereocenters. The van der Waals surface area contributed by atoms with Crippen LogP contribution in [0.5, 0.6) is 0 Å². The van der Waals surface area contributed by atoms with Crippen molar-refractivity contribution >= 4 is 5.95 Å². The fourth-order valence-electron chi connectivity index (χ4n) is 1.21. The summed E-state index contributed by atoms with van der Waals surface area (Å²) >= 11 is 0. The minimum absolute atomic E-state index is 0.245. The van der Waals surface area contributed by atoms with Gasteiger partial charge in [0.2, 0.25) is 5.95 Å². The molecule has 6 heteroatoms. The summed E-state index contributed by atoms with van der Waals surface area (Å²) in [5.41, 5.74) is 0.845. The molecule has 1 N–H and O–H groups in total. The van der Waals surface area contributed by atoms with Gasteiger partial charge < -0.3 is 5.32 Å². The number of anilines is 1. The summed E-state index contributed by atoms with van der Waals surface area (Å²) in [4.78, 5) is 0. The number of nitrogens with zero attached hydrogens (tertiary/aromatic N) is 4. The Labute approximate surface area is 85.9 Å². The van der Waals surface area contributed by atoms with Crippen LogP contribution >= 0.6 is 0 Å². The van der Waals surface area contributed by atoms with E-state index in [-0.39, 0.29) is 5.82 Å². The van der Waals surface area contributed by atoms with Gasteiger partial charge in [-0.05, 0) is 28.1 Å². The Morgan fingerprint density at radius 3 is 3.00 bits per heavy atom. The lowest BCUT2D eigenvalue weighted by atomic mass is 10.2. The first-order valence-corrected chi connectivity index (χ1v) is 4.46. The lowest BCUT2D eigenvalue weighted by Crippen LogP contribution is -2.05. The zero-order chi connectivity index (χ0) is 10.7. The fourth-order valence-corrected chi connectivity index (χ4v) is 1.21. The second-order valence-electron chi connectivity index (χ2n) is 3.11. The van der Waals surface area contributed by atoms with E-state index in [9.17, 15) is 4.39 Å². The van der Waals surface area contributed by atoms with Gasteiger partial charge in [-0.15, -0.1) is 0 Å². The van der Waals surface area contributed by atoms with Gasteiger partial charge in [0, 0.05) is 13.6 Å². The number of nitrogens with one attached hydrogen (secondary N) is 1. The standard InChI is InChI=1S/C9H10FN5/c1-15-9(12-13-14-15)11-6-7-3-2-4-8(10)5-7/h2-5H,6H2,1H3,(H,11,12,14). The molecule has 0 atom stereocenters. The van der Waals surface area contributed by atoms with Crippen molar-refractivity contribution in [3.63, 3.8) is 0 Å². The largest absolute Gasteiger partial charge is 0.349 e. The van der Waals surface area contributed by atoms with Gasteiger partial charge in [0.15, 0.2) is 0 Å². The average molecular weight is 207 g/mol. The Hall–Kier alpha value is -1.98. The molecule has 0 spiro atoms. The van der Waals surface area contributed by atoms with Gasteiger partial charge in [-0.1, -0.05) is 17.2 Å². The van der Waals surface area contributed by atoms with Gasteiger partial charge in [-0.25, -0.2) is 9.07 Å². The monoisotopic (exact) mass is 207 g/mol. The van der Waals surface area contributed by atoms with E-state index in [0.717, 1.165) is 5.56 Å². The van der Waals surface area contributed by atoms with E-state index < -0.39 is 0 Å². The number of benzene rings is 1. The van der Waals surface area contributed by atoms with Gasteiger partial charge in [0.25, 0.3) is 0 Å². The van der Waals surface area contributed by atoms with Gasteiger partial charge in [0.1, 0.15) is 5.82 Å². The molecule has 2 rings (SSSR count). The summed E-state index contributed by atoms with van der Waals surface area (Å²) in [6.07, 6.45) is 0. The number of hydrogen-bond donors (Lipinski definition) is 1. The first-order chi connectivity index (χ1) is 7.25. The second-order valence-corrected chi connectivity index (χ2v) is 3.11. The minimum Gasteiger partial charge on any atom is -0.349 e. The fraction of sp³-hybridized carbons (Fsp3) is 0.222. The van der Waals surface area contributed by atoms with Crippen molar-refractivity contribution < 1.29 is 4.39 Å². The van der Waals surface area contributed by atoms with Crippen LogP contribution < -0.4 is 5.32 Å². The molecule has 0 fully saturated rings. The van der Waals surface area contributed by atoms with Crippen molar-refractivity contribution in [2.24, 2.45) is 7.05 Å². The predicted molar refractivity (Wildman–Crippen MR) is 52.5 cm³/mol. The second kappa shape index (κ2) is 4.04. The lowest BCUT2D eigenvalue weighted by Gasteiger charge is -2.03. The maximum absolute atomic E-state index is 12.8. The summed E-state index contributed by atoms with van der Waals surface area (Å²) in [6.45, 7) is 0.492. The molecule has 0 aliphatic carbocycles. The van der Waals surface area contributed by atoms with Gasteiger partial charge in [-0.3, -0.25) is 0 Å². The number of hydrogen-bond acceptors (Lipinski definition) is 4. The lowest BCUT2D eigenvalue weighted by molar-refractivity contribution is 0.625. The highest BCUT2D eigenvalue weighted by atomic mass is 19.1. The van der Waals surface area contributed by atoms with Crippen molar-refractivity contribution in [1.82, 2.24) is 20.2 Å². The Balaban J connectivity index is 2.02. The maximum Gasteiger partial charge on any atom is 0.242 e. The van der Waals surface area contributed by atoms with E-state index in [0.29, 0.717) is 12.5 Å². The van der Waals surface area contributed by atoms with Gasteiger partial charge >= 0.3 is 0 Å². The summed E-state index contributed by atoms with van der Waals surface area (Å²) in [5.74, 6) is 0.310. The van der Waals surface area contributed by atoms with E-state index in [4.69, 9.17) is 0 Å². The molecule has 1 heterocycles. The molecule has 0 aliphatic heterocycles. The molecule has 0 saturated carbocycles. The SMILES string of the molecule is Cn1nnnc1NCc1cccc(F)c1. The Bertz CT molecular complexity index is 453. The molecule has 5 nitrogen and oxygen atoms in total. The third-order valence-electron chi connectivity index (χ3n) is 1.96. The number of aromatic nitrogens is 4. The topological polar surface area (TPSA) is 55.6 Å². The quantitative estimate of drug-likeness (QED) is 0.814. The van der Waals surface area contributed by atoms with E-state index in [1.165, 1.54) is 16.8 Å². The van der Waals surface area contributed by atoms with Crippen molar-refractivity contribution in [3.05, 3.63) is 35.6 Å². The molecular formula is C9H10FN5. The first-order valence-electron chi connectivity index (χ1n) is 4.46. The molecule has 15 heavy (non-hydrogen) atoms. The number of aryl methyl sites for hydroxylation is 1. The van der Waals surface area contributed by atoms with Gasteiger partial charge in [0.05, 0.1) is 0 Å². The molecular weight excluding hydrogens is 197 g/mol. The highest BCUT2D eigenvalue weighted by Gasteiger charge is 2.01. The summed E-state index contributed by atoms with van der Waals surface area (Å²) in [5, 5.41) is 13.9. The van der Waals surface area contributed by atoms with Crippen molar-refractivity contribution in [2.45, 2.75) is 6.54 Å². The van der Waals surface area contributed by atoms with Crippen LogP contribution in [0.15, 0.2) is 24.3 Å². The molecule has 0 aliphatic rings. The minimum atomic E-state index is -0.245. The van der Waals surface area contributed by atoms with E-state index >= 15 is 0 Å². The zero-order valence-electron chi connectivity index (χ0n) is 8.18. The van der Waals surface area contributed by atoms with E-state index in [2.05, 4.69) is 20.8 Å². The molecule has 0 amide bonds. The maximum atomic E-state index is 12.8. The summed E-state index contributed by atoms with van der Waals surface area (Å²) in [6, 6.07) is 6.38. The van der Waals surface area contributed by atoms with Crippen molar-refractivity contribution in [3.8, 4) is 0 Å². The van der Waals surface area contributed by atoms with Crippen LogP contribution in [0.25, 0.3) is 0 Å². The molecule has 0 radical (unpaired) electrons. The average Bonchev–Trinajstić information content (AvgIpc) is 2.61. The molecule has 0 saturated heterocycles. The van der Waals surface area contributed by atoms with Crippen LogP contribution in [0.2, 0.25) is 0 Å². The van der Waals surface area contributed by atoms with E-state index in [1.54, 1.807) is 13.1 Å². The third kappa shape index (κ3) is 2.28. The molecule has 78 valence electrons. The van der Waals surface area contributed by atoms with Crippen LogP contribution in [-0.4, -0.2) is 20.2 Å². The Morgan fingerprint density at radius 2 is 2.33 bits per heavy atom. The van der Waals surface area contributed by atoms with Crippen LogP contribution in [-0.2, 0) is 13.6 Å². The highest BCUT2D eigenvalue weighted by Crippen LogP contribution is 2.05. The smallest absolute Gasteiger partial charge is 0.242 e. The predicted octanol–water partition coefficient (Wildman–Crippen LogP) is 0.961. The van der Waals surface area contributed by atoms with E-state index in [1.807, 2.05) is 6.07 Å². The first kappa shape index (κ1) is 9.57. The number of halogens is 1. The van der Waals surface area contributed by atoms with Crippen molar-refractivity contribution in [1.29, 1.82) is 0 Å². The van der Waals surface area contributed by atoms with Crippen LogP contribution in [0, 0.1) is 5.82 Å². The van der Waals surface area contributed by atoms with Gasteiger partial charge in [-0.2, -0.15) is 0 Å². The van der Waals surface area contributed by atoms with Crippen molar-refractivity contribution in [2.75, 3.05) is 5.32 Å². The molecule has 2 aromatic rings. The molecule has 1 aromatic carbocycles. The zero-order valence-corrected chi connectivity index (χ0v) is 8.18. The van der Waals surface area contributed by atoms with Crippen LogP contribution in [0.3, 0.4) is 0 Å². The number of tetrazole rings is 1. The summed E-state index contributed by atoms with van der Waals surface area (Å²) < 4.78 is 14.4. The Morgan fingerprint density at radius 1 is 1.47 bits per heavy atom. The van der Waals surface area contributed by atoms with Crippen LogP contribution in [0.4, 0.5) is 10.3 Å². The Kier molecular flexibility index (Phi) is 2.57. The van der Waals surface area contributed by atoms with Crippen LogP contribution in [0.1, 0.15) is 5.56 Å². The number of rotatable bonds is 3. The summed E-state index contributed by atoms with van der Waals surface area (Å²) in [7, 11) is 1.73.